The Morgan fingerprint density at radius 2 is 2.53 bits per heavy atom. The van der Waals surface area contributed by atoms with Crippen molar-refractivity contribution in [2.24, 2.45) is 5.92 Å². The fourth-order valence-corrected chi connectivity index (χ4v) is 1.90. The predicted molar refractivity (Wildman–Crippen MR) is 63.5 cm³/mol. The van der Waals surface area contributed by atoms with Crippen molar-refractivity contribution in [1.29, 1.82) is 5.26 Å². The summed E-state index contributed by atoms with van der Waals surface area (Å²) in [4.78, 5) is 8.25. The van der Waals surface area contributed by atoms with Gasteiger partial charge >= 0.3 is 0 Å². The molecule has 0 amide bonds. The van der Waals surface area contributed by atoms with Crippen LogP contribution in [-0.4, -0.2) is 29.7 Å². The van der Waals surface area contributed by atoms with Gasteiger partial charge in [0, 0.05) is 13.2 Å². The van der Waals surface area contributed by atoms with E-state index >= 15 is 0 Å². The number of ether oxygens (including phenoxy) is 1. The molecule has 5 nitrogen and oxygen atoms in total. The number of anilines is 1. The van der Waals surface area contributed by atoms with Crippen molar-refractivity contribution < 1.29 is 4.74 Å². The Kier molecular flexibility index (Phi) is 3.89. The van der Waals surface area contributed by atoms with Crippen molar-refractivity contribution in [3.63, 3.8) is 0 Å². The zero-order chi connectivity index (χ0) is 12.1. The van der Waals surface area contributed by atoms with Crippen LogP contribution in [0.25, 0.3) is 0 Å². The van der Waals surface area contributed by atoms with Crippen molar-refractivity contribution >= 4 is 5.82 Å². The van der Waals surface area contributed by atoms with Crippen LogP contribution in [0.15, 0.2) is 6.20 Å². The molecule has 1 N–H and O–H groups in total. The summed E-state index contributed by atoms with van der Waals surface area (Å²) >= 11 is 0. The third kappa shape index (κ3) is 3.14. The summed E-state index contributed by atoms with van der Waals surface area (Å²) in [5, 5.41) is 12.2. The molecule has 90 valence electrons. The SMILES string of the molecule is Cc1ncc(C#N)c(NCC2CCCOC2)n1. The topological polar surface area (TPSA) is 70.8 Å². The first-order chi connectivity index (χ1) is 8.29. The van der Waals surface area contributed by atoms with E-state index in [0.29, 0.717) is 23.1 Å². The first-order valence-corrected chi connectivity index (χ1v) is 5.85. The number of nitrogens with one attached hydrogen (secondary N) is 1. The second-order valence-corrected chi connectivity index (χ2v) is 4.26. The van der Waals surface area contributed by atoms with Crippen molar-refractivity contribution in [2.75, 3.05) is 25.1 Å². The molecular weight excluding hydrogens is 216 g/mol. The van der Waals surface area contributed by atoms with Crippen molar-refractivity contribution in [3.05, 3.63) is 17.6 Å². The van der Waals surface area contributed by atoms with E-state index in [1.54, 1.807) is 6.20 Å². The Hall–Kier alpha value is -1.67. The molecule has 5 heteroatoms. The number of hydrogen-bond acceptors (Lipinski definition) is 5. The monoisotopic (exact) mass is 232 g/mol. The number of rotatable bonds is 3. The first-order valence-electron chi connectivity index (χ1n) is 5.85. The molecule has 0 saturated carbocycles. The number of nitriles is 1. The molecule has 1 aromatic rings. The van der Waals surface area contributed by atoms with E-state index in [1.807, 2.05) is 6.92 Å². The molecular formula is C12H16N4O. The normalized spacial score (nSPS) is 19.6. The fourth-order valence-electron chi connectivity index (χ4n) is 1.90. The van der Waals surface area contributed by atoms with Gasteiger partial charge in [-0.25, -0.2) is 9.97 Å². The summed E-state index contributed by atoms with van der Waals surface area (Å²) in [5.74, 6) is 1.81. The molecule has 0 spiro atoms. The summed E-state index contributed by atoms with van der Waals surface area (Å²) < 4.78 is 5.41. The Bertz CT molecular complexity index is 421. The van der Waals surface area contributed by atoms with Crippen molar-refractivity contribution in [1.82, 2.24) is 9.97 Å². The summed E-state index contributed by atoms with van der Waals surface area (Å²) in [6.45, 7) is 4.27. The highest BCUT2D eigenvalue weighted by atomic mass is 16.5. The van der Waals surface area contributed by atoms with Gasteiger partial charge in [0.25, 0.3) is 0 Å². The van der Waals surface area contributed by atoms with E-state index in [4.69, 9.17) is 10.00 Å². The lowest BCUT2D eigenvalue weighted by molar-refractivity contribution is 0.0595. The number of hydrogen-bond donors (Lipinski definition) is 1. The maximum atomic E-state index is 8.95. The molecule has 1 aliphatic heterocycles. The molecule has 2 rings (SSSR count). The van der Waals surface area contributed by atoms with Gasteiger partial charge < -0.3 is 10.1 Å². The molecule has 1 aromatic heterocycles. The zero-order valence-electron chi connectivity index (χ0n) is 9.94. The Labute approximate surface area is 101 Å². The minimum Gasteiger partial charge on any atom is -0.381 e. The predicted octanol–water partition coefficient (Wildman–Crippen LogP) is 1.50. The molecule has 0 bridgehead atoms. The van der Waals surface area contributed by atoms with Crippen LogP contribution in [0.2, 0.25) is 0 Å². The van der Waals surface area contributed by atoms with Crippen LogP contribution in [0, 0.1) is 24.2 Å². The maximum absolute atomic E-state index is 8.95. The van der Waals surface area contributed by atoms with Crippen molar-refractivity contribution in [2.45, 2.75) is 19.8 Å². The molecule has 2 heterocycles. The highest BCUT2D eigenvalue weighted by molar-refractivity contribution is 5.50. The lowest BCUT2D eigenvalue weighted by Crippen LogP contribution is -2.25. The standard InChI is InChI=1S/C12H16N4O/c1-9-14-7-11(5-13)12(16-9)15-6-10-3-2-4-17-8-10/h7,10H,2-4,6,8H2,1H3,(H,14,15,16). The minimum absolute atomic E-state index is 0.493. The van der Waals surface area contributed by atoms with E-state index in [9.17, 15) is 0 Å². The molecule has 1 aliphatic rings. The van der Waals surface area contributed by atoms with Gasteiger partial charge in [0.15, 0.2) is 0 Å². The van der Waals surface area contributed by atoms with Gasteiger partial charge in [0.1, 0.15) is 23.3 Å². The molecule has 0 aliphatic carbocycles. The average Bonchev–Trinajstić information content (AvgIpc) is 2.38. The third-order valence-corrected chi connectivity index (χ3v) is 2.84. The zero-order valence-corrected chi connectivity index (χ0v) is 9.94. The smallest absolute Gasteiger partial charge is 0.147 e. The van der Waals surface area contributed by atoms with Gasteiger partial charge in [0.2, 0.25) is 0 Å². The van der Waals surface area contributed by atoms with Crippen LogP contribution in [-0.2, 0) is 4.74 Å². The minimum atomic E-state index is 0.493. The van der Waals surface area contributed by atoms with Crippen molar-refractivity contribution in [3.8, 4) is 6.07 Å². The summed E-state index contributed by atoms with van der Waals surface area (Å²) in [7, 11) is 0. The molecule has 1 atom stereocenters. The first kappa shape index (κ1) is 11.8. The molecule has 0 radical (unpaired) electrons. The van der Waals surface area contributed by atoms with Crippen LogP contribution in [0.5, 0.6) is 0 Å². The largest absolute Gasteiger partial charge is 0.381 e. The second kappa shape index (κ2) is 5.60. The molecule has 1 unspecified atom stereocenters. The van der Waals surface area contributed by atoms with Gasteiger partial charge in [0.05, 0.1) is 12.8 Å². The number of nitrogens with zero attached hydrogens (tertiary/aromatic N) is 3. The Morgan fingerprint density at radius 1 is 1.65 bits per heavy atom. The molecule has 17 heavy (non-hydrogen) atoms. The summed E-state index contributed by atoms with van der Waals surface area (Å²) in [5.41, 5.74) is 0.493. The Balaban J connectivity index is 1.98. The average molecular weight is 232 g/mol. The fraction of sp³-hybridized carbons (Fsp3) is 0.583. The molecule has 0 aromatic carbocycles. The maximum Gasteiger partial charge on any atom is 0.147 e. The van der Waals surface area contributed by atoms with Crippen LogP contribution in [0.4, 0.5) is 5.82 Å². The van der Waals surface area contributed by atoms with Crippen LogP contribution in [0.3, 0.4) is 0 Å². The van der Waals surface area contributed by atoms with Gasteiger partial charge in [-0.2, -0.15) is 5.26 Å². The van der Waals surface area contributed by atoms with Gasteiger partial charge in [-0.05, 0) is 25.7 Å². The van der Waals surface area contributed by atoms with E-state index in [0.717, 1.165) is 26.2 Å². The van der Waals surface area contributed by atoms with E-state index in [-0.39, 0.29) is 0 Å². The summed E-state index contributed by atoms with van der Waals surface area (Å²) in [6.07, 6.45) is 3.83. The number of aryl methyl sites for hydroxylation is 1. The molecule has 1 fully saturated rings. The Morgan fingerprint density at radius 3 is 3.24 bits per heavy atom. The highest BCUT2D eigenvalue weighted by Crippen LogP contribution is 2.16. The second-order valence-electron chi connectivity index (χ2n) is 4.26. The lowest BCUT2D eigenvalue weighted by Gasteiger charge is -2.22. The van der Waals surface area contributed by atoms with Gasteiger partial charge in [-0.3, -0.25) is 0 Å². The summed E-state index contributed by atoms with van der Waals surface area (Å²) in [6, 6.07) is 2.09. The van der Waals surface area contributed by atoms with Crippen LogP contribution >= 0.6 is 0 Å². The van der Waals surface area contributed by atoms with E-state index in [1.165, 1.54) is 6.42 Å². The van der Waals surface area contributed by atoms with Crippen LogP contribution in [0.1, 0.15) is 24.2 Å². The molecule has 1 saturated heterocycles. The quantitative estimate of drug-likeness (QED) is 0.855. The van der Waals surface area contributed by atoms with E-state index in [2.05, 4.69) is 21.4 Å². The van der Waals surface area contributed by atoms with Gasteiger partial charge in [-0.1, -0.05) is 0 Å². The lowest BCUT2D eigenvalue weighted by atomic mass is 10.0. The van der Waals surface area contributed by atoms with Crippen LogP contribution < -0.4 is 5.32 Å². The number of aromatic nitrogens is 2. The third-order valence-electron chi connectivity index (χ3n) is 2.84. The van der Waals surface area contributed by atoms with Gasteiger partial charge in [-0.15, -0.1) is 0 Å². The highest BCUT2D eigenvalue weighted by Gasteiger charge is 2.14. The van der Waals surface area contributed by atoms with E-state index < -0.39 is 0 Å².